The highest BCUT2D eigenvalue weighted by Crippen LogP contribution is 2.29. The highest BCUT2D eigenvalue weighted by Gasteiger charge is 2.25. The van der Waals surface area contributed by atoms with Gasteiger partial charge in [-0.05, 0) is 19.4 Å². The van der Waals surface area contributed by atoms with Crippen LogP contribution in [0.4, 0.5) is 0 Å². The number of rotatable bonds is 7. The third-order valence-corrected chi connectivity index (χ3v) is 5.31. The molecule has 3 aromatic heterocycles. The van der Waals surface area contributed by atoms with Crippen molar-refractivity contribution in [2.45, 2.75) is 39.7 Å². The van der Waals surface area contributed by atoms with Crippen molar-refractivity contribution >= 4 is 17.0 Å². The molecule has 0 bridgehead atoms. The van der Waals surface area contributed by atoms with Crippen LogP contribution in [0.1, 0.15) is 42.3 Å². The lowest BCUT2D eigenvalue weighted by molar-refractivity contribution is 0.0526. The number of carbonyl (C=O) groups is 1. The third-order valence-electron chi connectivity index (χ3n) is 5.31. The van der Waals surface area contributed by atoms with Gasteiger partial charge in [0.05, 0.1) is 38.2 Å². The first kappa shape index (κ1) is 21.5. The van der Waals surface area contributed by atoms with E-state index >= 15 is 0 Å². The number of methoxy groups -OCH3 is 1. The molecule has 166 valence electrons. The molecule has 0 saturated heterocycles. The van der Waals surface area contributed by atoms with Crippen LogP contribution in [-0.2, 0) is 16.7 Å². The molecule has 4 aromatic rings. The number of nitrogens with zero attached hydrogens (tertiary/aromatic N) is 6. The fraction of sp³-hybridized carbons (Fsp3) is 0.348. The molecule has 0 atom stereocenters. The molecule has 9 heteroatoms. The standard InChI is InChI=1S/C23H26N6O3/c1-6-32-21(30)16-11-24-28(13-16)22-26-18-12-25-29(19(18)20(27-22)31-5)14-23(3,4)17-9-7-15(2)8-10-17/h7-13H,6,14H2,1-5H3. The molecular weight excluding hydrogens is 408 g/mol. The zero-order chi connectivity index (χ0) is 22.9. The first-order valence-electron chi connectivity index (χ1n) is 10.4. The SMILES string of the molecule is CCOC(=O)c1cnn(-c2nc(OC)c3c(cnn3CC(C)(C)c3ccc(C)cc3)n2)c1. The Balaban J connectivity index is 1.69. The summed E-state index contributed by atoms with van der Waals surface area (Å²) in [6.07, 6.45) is 4.64. The molecule has 9 nitrogen and oxygen atoms in total. The van der Waals surface area contributed by atoms with E-state index in [0.717, 1.165) is 0 Å². The predicted molar refractivity (Wildman–Crippen MR) is 119 cm³/mol. The van der Waals surface area contributed by atoms with Crippen LogP contribution in [0.15, 0.2) is 42.9 Å². The van der Waals surface area contributed by atoms with Crippen LogP contribution in [0, 0.1) is 6.92 Å². The van der Waals surface area contributed by atoms with Crippen LogP contribution in [0.25, 0.3) is 17.0 Å². The lowest BCUT2D eigenvalue weighted by atomic mass is 9.84. The Morgan fingerprint density at radius 3 is 2.53 bits per heavy atom. The number of hydrogen-bond acceptors (Lipinski definition) is 7. The molecule has 0 unspecified atom stereocenters. The monoisotopic (exact) mass is 434 g/mol. The van der Waals surface area contributed by atoms with Crippen molar-refractivity contribution in [1.82, 2.24) is 29.5 Å². The van der Waals surface area contributed by atoms with Crippen molar-refractivity contribution in [2.75, 3.05) is 13.7 Å². The van der Waals surface area contributed by atoms with Gasteiger partial charge < -0.3 is 9.47 Å². The fourth-order valence-corrected chi connectivity index (χ4v) is 3.54. The summed E-state index contributed by atoms with van der Waals surface area (Å²) in [4.78, 5) is 21.0. The second-order valence-corrected chi connectivity index (χ2v) is 8.21. The highest BCUT2D eigenvalue weighted by molar-refractivity contribution is 5.88. The Morgan fingerprint density at radius 1 is 1.09 bits per heavy atom. The highest BCUT2D eigenvalue weighted by atomic mass is 16.5. The van der Waals surface area contributed by atoms with Crippen LogP contribution in [0.5, 0.6) is 5.88 Å². The Bertz CT molecular complexity index is 1260. The van der Waals surface area contributed by atoms with E-state index in [4.69, 9.17) is 9.47 Å². The van der Waals surface area contributed by atoms with Gasteiger partial charge in [-0.15, -0.1) is 0 Å². The normalized spacial score (nSPS) is 11.7. The zero-order valence-electron chi connectivity index (χ0n) is 18.9. The summed E-state index contributed by atoms with van der Waals surface area (Å²) in [5.41, 5.74) is 3.92. The van der Waals surface area contributed by atoms with Crippen molar-refractivity contribution in [1.29, 1.82) is 0 Å². The van der Waals surface area contributed by atoms with Crippen LogP contribution < -0.4 is 4.74 Å². The average Bonchev–Trinajstić information content (AvgIpc) is 3.41. The van der Waals surface area contributed by atoms with Gasteiger partial charge in [0.25, 0.3) is 5.95 Å². The molecule has 1 aromatic carbocycles. The molecule has 0 amide bonds. The van der Waals surface area contributed by atoms with E-state index in [1.807, 2.05) is 4.68 Å². The molecule has 0 saturated carbocycles. The van der Waals surface area contributed by atoms with Crippen molar-refractivity contribution < 1.29 is 14.3 Å². The molecule has 32 heavy (non-hydrogen) atoms. The van der Waals surface area contributed by atoms with Crippen molar-refractivity contribution in [2.24, 2.45) is 0 Å². The van der Waals surface area contributed by atoms with Gasteiger partial charge >= 0.3 is 5.97 Å². The molecule has 0 spiro atoms. The second kappa shape index (κ2) is 8.41. The van der Waals surface area contributed by atoms with E-state index in [1.165, 1.54) is 28.2 Å². The molecule has 0 fully saturated rings. The van der Waals surface area contributed by atoms with E-state index in [2.05, 4.69) is 65.2 Å². The minimum absolute atomic E-state index is 0.174. The first-order valence-corrected chi connectivity index (χ1v) is 10.4. The van der Waals surface area contributed by atoms with E-state index in [9.17, 15) is 4.79 Å². The average molecular weight is 435 g/mol. The minimum atomic E-state index is -0.446. The maximum Gasteiger partial charge on any atom is 0.341 e. The van der Waals surface area contributed by atoms with E-state index in [-0.39, 0.29) is 11.4 Å². The largest absolute Gasteiger partial charge is 0.479 e. The molecular formula is C23H26N6O3. The van der Waals surface area contributed by atoms with Gasteiger partial charge in [-0.3, -0.25) is 4.68 Å². The van der Waals surface area contributed by atoms with Crippen molar-refractivity contribution in [3.05, 3.63) is 59.5 Å². The lowest BCUT2D eigenvalue weighted by Crippen LogP contribution is -2.25. The number of fused-ring (bicyclic) bond motifs is 1. The third kappa shape index (κ3) is 4.05. The summed E-state index contributed by atoms with van der Waals surface area (Å²) in [5, 5.41) is 8.75. The molecule has 0 N–H and O–H groups in total. The summed E-state index contributed by atoms with van der Waals surface area (Å²) < 4.78 is 13.9. The summed E-state index contributed by atoms with van der Waals surface area (Å²) in [6, 6.07) is 8.52. The Labute approximate surface area is 186 Å². The van der Waals surface area contributed by atoms with E-state index < -0.39 is 5.97 Å². The number of aromatic nitrogens is 6. The molecule has 0 aliphatic rings. The summed E-state index contributed by atoms with van der Waals surface area (Å²) in [7, 11) is 1.56. The molecule has 0 aliphatic heterocycles. The van der Waals surface area contributed by atoms with Crippen molar-refractivity contribution in [3.63, 3.8) is 0 Å². The Kier molecular flexibility index (Phi) is 5.65. The zero-order valence-corrected chi connectivity index (χ0v) is 18.9. The second-order valence-electron chi connectivity index (χ2n) is 8.21. The minimum Gasteiger partial charge on any atom is -0.479 e. The van der Waals surface area contributed by atoms with Crippen LogP contribution in [-0.4, -0.2) is 49.2 Å². The summed E-state index contributed by atoms with van der Waals surface area (Å²) in [5.74, 6) is 0.218. The molecule has 3 heterocycles. The van der Waals surface area contributed by atoms with Crippen LogP contribution in [0.2, 0.25) is 0 Å². The maximum atomic E-state index is 11.9. The predicted octanol–water partition coefficient (Wildman–Crippen LogP) is 3.48. The van der Waals surface area contributed by atoms with Gasteiger partial charge in [0.15, 0.2) is 0 Å². The Morgan fingerprint density at radius 2 is 1.84 bits per heavy atom. The maximum absolute atomic E-state index is 11.9. The van der Waals surface area contributed by atoms with E-state index in [1.54, 1.807) is 20.2 Å². The summed E-state index contributed by atoms with van der Waals surface area (Å²) >= 11 is 0. The smallest absolute Gasteiger partial charge is 0.341 e. The topological polar surface area (TPSA) is 97.0 Å². The van der Waals surface area contributed by atoms with Gasteiger partial charge in [-0.1, -0.05) is 43.7 Å². The van der Waals surface area contributed by atoms with Gasteiger partial charge in [0, 0.05) is 11.6 Å². The van der Waals surface area contributed by atoms with Gasteiger partial charge in [0.2, 0.25) is 5.88 Å². The first-order chi connectivity index (χ1) is 15.3. The van der Waals surface area contributed by atoms with Gasteiger partial charge in [0.1, 0.15) is 11.0 Å². The van der Waals surface area contributed by atoms with E-state index in [0.29, 0.717) is 35.6 Å². The Hall–Kier alpha value is -3.75. The van der Waals surface area contributed by atoms with Gasteiger partial charge in [-0.2, -0.15) is 15.2 Å². The quantitative estimate of drug-likeness (QED) is 0.411. The number of benzene rings is 1. The van der Waals surface area contributed by atoms with Gasteiger partial charge in [-0.25, -0.2) is 14.5 Å². The number of aryl methyl sites for hydroxylation is 1. The van der Waals surface area contributed by atoms with Crippen LogP contribution in [0.3, 0.4) is 0 Å². The number of carbonyl (C=O) groups excluding carboxylic acids is 1. The molecule has 0 radical (unpaired) electrons. The lowest BCUT2D eigenvalue weighted by Gasteiger charge is -2.26. The van der Waals surface area contributed by atoms with Crippen molar-refractivity contribution in [3.8, 4) is 11.8 Å². The fourth-order valence-electron chi connectivity index (χ4n) is 3.54. The number of esters is 1. The number of ether oxygens (including phenoxy) is 2. The molecule has 0 aliphatic carbocycles. The molecule has 4 rings (SSSR count). The summed E-state index contributed by atoms with van der Waals surface area (Å²) in [6.45, 7) is 9.09. The van der Waals surface area contributed by atoms with Crippen LogP contribution >= 0.6 is 0 Å². The number of hydrogen-bond donors (Lipinski definition) is 0.